The van der Waals surface area contributed by atoms with Crippen LogP contribution in [0.5, 0.6) is 0 Å². The summed E-state index contributed by atoms with van der Waals surface area (Å²) in [5.41, 5.74) is 8.40. The third kappa shape index (κ3) is 6.94. The number of nitrogens with one attached hydrogen (secondary N) is 2. The van der Waals surface area contributed by atoms with Crippen molar-refractivity contribution in [2.75, 3.05) is 19.0 Å². The van der Waals surface area contributed by atoms with Crippen LogP contribution in [-0.2, 0) is 4.74 Å². The van der Waals surface area contributed by atoms with Crippen molar-refractivity contribution in [1.29, 1.82) is 0 Å². The van der Waals surface area contributed by atoms with E-state index >= 15 is 0 Å². The third-order valence-corrected chi connectivity index (χ3v) is 5.77. The monoisotopic (exact) mass is 406 g/mol. The van der Waals surface area contributed by atoms with E-state index in [0.717, 1.165) is 17.7 Å². The minimum absolute atomic E-state index is 0.0118. The van der Waals surface area contributed by atoms with Gasteiger partial charge >= 0.3 is 5.90 Å². The van der Waals surface area contributed by atoms with Gasteiger partial charge < -0.3 is 26.2 Å². The minimum Gasteiger partial charge on any atom is -0.578 e. The summed E-state index contributed by atoms with van der Waals surface area (Å²) < 4.78 is 5.84. The molecule has 3 atom stereocenters. The lowest BCUT2D eigenvalue weighted by Gasteiger charge is -2.32. The molecule has 0 aliphatic heterocycles. The van der Waals surface area contributed by atoms with E-state index in [1.807, 2.05) is 19.9 Å². The van der Waals surface area contributed by atoms with Gasteiger partial charge in [-0.1, -0.05) is 26.2 Å². The Labute approximate surface area is 175 Å². The SMILES string of the molecule is CCC(NC1CCCCC1)C(CNc1nc(C)c(C)cc1/C([OH2+])=N/C(C)N)OC. The predicted molar refractivity (Wildman–Crippen MR) is 121 cm³/mol. The molecule has 3 unspecified atom stereocenters. The van der Waals surface area contributed by atoms with Gasteiger partial charge in [0.05, 0.1) is 6.10 Å². The maximum absolute atomic E-state index is 8.32. The molecule has 1 aliphatic rings. The van der Waals surface area contributed by atoms with Crippen LogP contribution in [0.1, 0.15) is 69.2 Å². The van der Waals surface area contributed by atoms with Gasteiger partial charge in [-0.3, -0.25) is 0 Å². The van der Waals surface area contributed by atoms with E-state index < -0.39 is 6.17 Å². The van der Waals surface area contributed by atoms with Crippen LogP contribution in [0.3, 0.4) is 0 Å². The fraction of sp³-hybridized carbons (Fsp3) is 0.727. The highest BCUT2D eigenvalue weighted by atomic mass is 16.5. The summed E-state index contributed by atoms with van der Waals surface area (Å²) in [4.78, 5) is 8.87. The summed E-state index contributed by atoms with van der Waals surface area (Å²) >= 11 is 0. The number of nitrogens with two attached hydrogens (primary N) is 1. The molecule has 1 fully saturated rings. The number of nitrogens with zero attached hydrogens (tertiary/aromatic N) is 2. The summed E-state index contributed by atoms with van der Waals surface area (Å²) in [6, 6.07) is 2.82. The van der Waals surface area contributed by atoms with Gasteiger partial charge in [0.1, 0.15) is 17.5 Å². The van der Waals surface area contributed by atoms with E-state index in [1.165, 1.54) is 32.1 Å². The van der Waals surface area contributed by atoms with Crippen LogP contribution in [0.15, 0.2) is 11.1 Å². The summed E-state index contributed by atoms with van der Waals surface area (Å²) in [6.07, 6.45) is 7.06. The fourth-order valence-corrected chi connectivity index (χ4v) is 3.94. The van der Waals surface area contributed by atoms with Crippen LogP contribution in [0.25, 0.3) is 0 Å². The first-order valence-electron chi connectivity index (χ1n) is 10.9. The molecule has 6 N–H and O–H groups in total. The Balaban J connectivity index is 2.13. The van der Waals surface area contributed by atoms with E-state index in [2.05, 4.69) is 27.5 Å². The van der Waals surface area contributed by atoms with Crippen molar-refractivity contribution in [2.45, 2.75) is 90.6 Å². The lowest BCUT2D eigenvalue weighted by atomic mass is 9.94. The van der Waals surface area contributed by atoms with Crippen molar-refractivity contribution in [2.24, 2.45) is 10.7 Å². The number of rotatable bonds is 10. The zero-order valence-electron chi connectivity index (χ0n) is 18.7. The highest BCUT2D eigenvalue weighted by Gasteiger charge is 2.25. The van der Waals surface area contributed by atoms with Gasteiger partial charge in [0, 0.05) is 31.4 Å². The highest BCUT2D eigenvalue weighted by molar-refractivity contribution is 5.97. The van der Waals surface area contributed by atoms with Crippen LogP contribution in [0.2, 0.25) is 0 Å². The van der Waals surface area contributed by atoms with Crippen LogP contribution < -0.4 is 16.4 Å². The molecule has 1 aromatic rings. The molecule has 7 nitrogen and oxygen atoms in total. The smallest absolute Gasteiger partial charge is 0.365 e. The number of methoxy groups -OCH3 is 1. The Morgan fingerprint density at radius 2 is 2.03 bits per heavy atom. The molecule has 1 aromatic heterocycles. The fourth-order valence-electron chi connectivity index (χ4n) is 3.94. The Morgan fingerprint density at radius 3 is 2.62 bits per heavy atom. The van der Waals surface area contributed by atoms with Gasteiger partial charge in [-0.25, -0.2) is 4.98 Å². The first-order valence-corrected chi connectivity index (χ1v) is 10.9. The topological polar surface area (TPSA) is 107 Å². The van der Waals surface area contributed by atoms with Crippen molar-refractivity contribution in [3.8, 4) is 0 Å². The van der Waals surface area contributed by atoms with Crippen molar-refractivity contribution >= 4 is 11.7 Å². The standard InChI is InChI=1S/C22H39N5O2/c1-6-19(27-17-10-8-7-9-11-17)20(29-5)13-24-21-18(22(28)26-16(4)23)12-14(2)15(3)25-21/h12,16-17,19-20,27H,6-11,13,23H2,1-5H3,(H,24,25)(H,26,28)/p+1. The first kappa shape index (κ1) is 23.6. The molecular weight excluding hydrogens is 366 g/mol. The molecule has 0 aromatic carbocycles. The Kier molecular flexibility index (Phi) is 9.33. The number of aromatic nitrogens is 1. The Hall–Kier alpha value is -1.70. The zero-order chi connectivity index (χ0) is 21.4. The second-order valence-corrected chi connectivity index (χ2v) is 8.18. The summed E-state index contributed by atoms with van der Waals surface area (Å²) in [5, 5.41) is 15.6. The summed E-state index contributed by atoms with van der Waals surface area (Å²) in [5.74, 6) is 0.816. The average molecular weight is 407 g/mol. The molecule has 0 radical (unpaired) electrons. The van der Waals surface area contributed by atoms with Crippen molar-refractivity contribution in [1.82, 2.24) is 10.3 Å². The first-order chi connectivity index (χ1) is 13.8. The van der Waals surface area contributed by atoms with Gasteiger partial charge in [-0.15, -0.1) is 0 Å². The molecule has 29 heavy (non-hydrogen) atoms. The zero-order valence-corrected chi connectivity index (χ0v) is 18.7. The molecule has 2 rings (SSSR count). The largest absolute Gasteiger partial charge is 0.578 e. The van der Waals surface area contributed by atoms with E-state index in [-0.39, 0.29) is 18.0 Å². The molecular formula is C22H40N5O2+. The average Bonchev–Trinajstić information content (AvgIpc) is 2.69. The number of hydrogen-bond donors (Lipinski definition) is 3. The lowest BCUT2D eigenvalue weighted by Crippen LogP contribution is -2.49. The molecule has 1 heterocycles. The summed E-state index contributed by atoms with van der Waals surface area (Å²) in [6.45, 7) is 8.55. The molecule has 0 spiro atoms. The van der Waals surface area contributed by atoms with E-state index in [4.69, 9.17) is 15.6 Å². The highest BCUT2D eigenvalue weighted by Crippen LogP contribution is 2.21. The number of ether oxygens (including phenoxy) is 1. The number of anilines is 1. The minimum atomic E-state index is -0.423. The van der Waals surface area contributed by atoms with Gasteiger partial charge in [-0.2, -0.15) is 4.99 Å². The molecule has 0 bridgehead atoms. The Bertz CT molecular complexity index is 671. The molecule has 0 amide bonds. The van der Waals surface area contributed by atoms with Crippen LogP contribution in [0.4, 0.5) is 5.82 Å². The van der Waals surface area contributed by atoms with Crippen LogP contribution >= 0.6 is 0 Å². The van der Waals surface area contributed by atoms with Gasteiger partial charge in [0.15, 0.2) is 0 Å². The third-order valence-electron chi connectivity index (χ3n) is 5.77. The van der Waals surface area contributed by atoms with Gasteiger partial charge in [0.25, 0.3) is 0 Å². The van der Waals surface area contributed by atoms with E-state index in [1.54, 1.807) is 14.0 Å². The maximum Gasteiger partial charge on any atom is 0.365 e. The van der Waals surface area contributed by atoms with Crippen molar-refractivity contribution in [3.63, 3.8) is 0 Å². The molecule has 0 saturated heterocycles. The normalized spacial score (nSPS) is 19.0. The second kappa shape index (κ2) is 11.5. The number of pyridine rings is 1. The number of aryl methyl sites for hydroxylation is 2. The summed E-state index contributed by atoms with van der Waals surface area (Å²) in [7, 11) is 1.76. The Morgan fingerprint density at radius 1 is 1.34 bits per heavy atom. The van der Waals surface area contributed by atoms with E-state index in [0.29, 0.717) is 24.0 Å². The van der Waals surface area contributed by atoms with Gasteiger partial charge in [-0.05, 0) is 51.7 Å². The lowest BCUT2D eigenvalue weighted by molar-refractivity contribution is 0.0699. The molecule has 7 heteroatoms. The molecule has 164 valence electrons. The number of hydrogen-bond acceptors (Lipinski definition) is 6. The van der Waals surface area contributed by atoms with Crippen LogP contribution in [0, 0.1) is 13.8 Å². The maximum atomic E-state index is 8.32. The van der Waals surface area contributed by atoms with Gasteiger partial charge in [0.2, 0.25) is 0 Å². The second-order valence-electron chi connectivity index (χ2n) is 8.18. The number of aliphatic imine (C=N–C) groups is 1. The van der Waals surface area contributed by atoms with Crippen molar-refractivity contribution in [3.05, 3.63) is 22.9 Å². The van der Waals surface area contributed by atoms with E-state index in [9.17, 15) is 0 Å². The molecule has 1 saturated carbocycles. The quantitative estimate of drug-likeness (QED) is 0.314. The van der Waals surface area contributed by atoms with Crippen LogP contribution in [-0.4, -0.2) is 54.0 Å². The predicted octanol–water partition coefficient (Wildman–Crippen LogP) is 2.60. The van der Waals surface area contributed by atoms with Crippen molar-refractivity contribution < 1.29 is 9.84 Å². The molecule has 1 aliphatic carbocycles.